The highest BCUT2D eigenvalue weighted by Gasteiger charge is 2.29. The van der Waals surface area contributed by atoms with Crippen LogP contribution < -0.4 is 5.73 Å². The van der Waals surface area contributed by atoms with Crippen molar-refractivity contribution in [3.63, 3.8) is 0 Å². The molecule has 334 valence electrons. The fourth-order valence-corrected chi connectivity index (χ4v) is 9.14. The first-order chi connectivity index (χ1) is 29.5. The molecule has 0 saturated heterocycles. The van der Waals surface area contributed by atoms with Crippen LogP contribution in [0.25, 0.3) is 21.5 Å². The Kier molecular flexibility index (Phi) is 11.8. The number of benzene rings is 6. The Bertz CT molecular complexity index is 3710. The Hall–Kier alpha value is -7.01. The highest BCUT2D eigenvalue weighted by molar-refractivity contribution is 7.87. The third kappa shape index (κ3) is 9.34. The van der Waals surface area contributed by atoms with Crippen LogP contribution in [0.5, 0.6) is 11.5 Å². The maximum absolute atomic E-state index is 12.8. The standard InChI is InChI=1S/C32H22N8O19S5/c33-28-23(13-24(61(48,49)50)18-6-8-21(31(42)27(18)28)36-35-20-7-4-15(40(43)44)11-25(20)62(51,52)53)38-37-22-9-5-17-19(32(22)64(57,58)59)12-26(63(54,55)56)29(30(17)41)39-34-14-2-1-3-16(10-14)60(45,46)47/h1-13,41-42H,33H2,(H,45,46,47)(H,48,49,50)(H,51,52,53)(H,54,55,56)(H,57,58,59)/b36-35+,38-37+,39-34+. The highest BCUT2D eigenvalue weighted by atomic mass is 32.2. The number of fused-ring (bicyclic) bond motifs is 2. The fraction of sp³-hybridized carbons (Fsp3) is 0. The molecule has 0 aliphatic heterocycles. The van der Waals surface area contributed by atoms with E-state index in [1.165, 1.54) is 0 Å². The molecule has 64 heavy (non-hydrogen) atoms. The summed E-state index contributed by atoms with van der Waals surface area (Å²) in [6.07, 6.45) is 0. The molecule has 0 atom stereocenters. The number of nitrogens with two attached hydrogens (primary N) is 1. The van der Waals surface area contributed by atoms with Gasteiger partial charge in [0.15, 0.2) is 11.5 Å². The third-order valence-corrected chi connectivity index (χ3v) is 13.0. The fourth-order valence-electron chi connectivity index (χ4n) is 5.80. The van der Waals surface area contributed by atoms with Crippen LogP contribution in [-0.4, -0.2) is 80.0 Å². The van der Waals surface area contributed by atoms with Gasteiger partial charge in [-0.3, -0.25) is 32.9 Å². The molecule has 32 heteroatoms. The maximum atomic E-state index is 12.8. The Morgan fingerprint density at radius 2 is 1.06 bits per heavy atom. The zero-order valence-corrected chi connectivity index (χ0v) is 34.9. The molecule has 27 nitrogen and oxygen atoms in total. The molecule has 0 spiro atoms. The number of anilines is 1. The van der Waals surface area contributed by atoms with Gasteiger partial charge >= 0.3 is 0 Å². The summed E-state index contributed by atoms with van der Waals surface area (Å²) in [6.45, 7) is 0. The Morgan fingerprint density at radius 1 is 0.500 bits per heavy atom. The van der Waals surface area contributed by atoms with Crippen LogP contribution >= 0.6 is 0 Å². The van der Waals surface area contributed by atoms with E-state index < -0.39 is 153 Å². The summed E-state index contributed by atoms with van der Waals surface area (Å²) < 4.78 is 172. The minimum atomic E-state index is -5.56. The molecule has 9 N–H and O–H groups in total. The molecule has 0 radical (unpaired) electrons. The van der Waals surface area contributed by atoms with Crippen molar-refractivity contribution in [2.24, 2.45) is 30.7 Å². The summed E-state index contributed by atoms with van der Waals surface area (Å²) in [5, 5.41) is 52.7. The van der Waals surface area contributed by atoms with Crippen molar-refractivity contribution in [3.8, 4) is 11.5 Å². The molecular weight excluding hydrogens is 961 g/mol. The van der Waals surface area contributed by atoms with Crippen LogP contribution in [0.3, 0.4) is 0 Å². The Morgan fingerprint density at radius 3 is 1.66 bits per heavy atom. The molecule has 0 aromatic heterocycles. The number of hydrogen-bond acceptors (Lipinski definition) is 21. The second-order valence-corrected chi connectivity index (χ2v) is 19.6. The molecule has 0 aliphatic rings. The van der Waals surface area contributed by atoms with Gasteiger partial charge in [-0.15, -0.1) is 25.6 Å². The minimum absolute atomic E-state index is 0.333. The van der Waals surface area contributed by atoms with Crippen molar-refractivity contribution in [3.05, 3.63) is 89.0 Å². The first kappa shape index (κ1) is 46.5. The number of phenolic OH excluding ortho intramolecular Hbond substituents is 2. The molecule has 0 saturated carbocycles. The van der Waals surface area contributed by atoms with Gasteiger partial charge < -0.3 is 15.9 Å². The predicted octanol–water partition coefficient (Wildman–Crippen LogP) is 6.37. The first-order valence-electron chi connectivity index (χ1n) is 16.4. The number of nitro groups is 1. The van der Waals surface area contributed by atoms with Gasteiger partial charge in [0, 0.05) is 28.3 Å². The zero-order chi connectivity index (χ0) is 47.5. The molecule has 6 rings (SSSR count). The second-order valence-electron chi connectivity index (χ2n) is 12.6. The van der Waals surface area contributed by atoms with Crippen molar-refractivity contribution in [2.75, 3.05) is 5.73 Å². The van der Waals surface area contributed by atoms with Crippen molar-refractivity contribution < 1.29 is 80.0 Å². The van der Waals surface area contributed by atoms with E-state index in [2.05, 4.69) is 30.7 Å². The number of phenols is 2. The van der Waals surface area contributed by atoms with Crippen molar-refractivity contribution in [1.29, 1.82) is 0 Å². The number of aromatic hydroxyl groups is 2. The van der Waals surface area contributed by atoms with Crippen molar-refractivity contribution in [1.82, 2.24) is 0 Å². The number of hydrogen-bond donors (Lipinski definition) is 8. The normalized spacial score (nSPS) is 13.2. The number of nitrogen functional groups attached to an aromatic ring is 1. The van der Waals surface area contributed by atoms with Crippen LogP contribution in [0.4, 0.5) is 45.5 Å². The van der Waals surface area contributed by atoms with Crippen LogP contribution in [0.15, 0.2) is 134 Å². The molecule has 0 unspecified atom stereocenters. The molecular formula is C32H22N8O19S5. The molecule has 0 fully saturated rings. The van der Waals surface area contributed by atoms with Crippen molar-refractivity contribution >= 4 is 118 Å². The van der Waals surface area contributed by atoms with Crippen LogP contribution in [0.2, 0.25) is 0 Å². The summed E-state index contributed by atoms with van der Waals surface area (Å²) in [5.41, 5.74) is 0.503. The van der Waals surface area contributed by atoms with Crippen LogP contribution in [0.1, 0.15) is 0 Å². The largest absolute Gasteiger partial charge is 0.505 e. The number of rotatable bonds is 12. The van der Waals surface area contributed by atoms with Gasteiger partial charge in [-0.2, -0.15) is 47.2 Å². The van der Waals surface area contributed by atoms with Crippen LogP contribution in [-0.2, 0) is 50.6 Å². The summed E-state index contributed by atoms with van der Waals surface area (Å²) in [5.74, 6) is -2.20. The number of nitrogens with zero attached hydrogens (tertiary/aromatic N) is 7. The quantitative estimate of drug-likeness (QED) is 0.0217. The monoisotopic (exact) mass is 982 g/mol. The SMILES string of the molecule is Nc1c(/N=N/c2ccc3c(O)c(/N=N/c4cccc(S(=O)(=O)O)c4)c(S(=O)(=O)O)cc3c2S(=O)(=O)O)cc(S(=O)(=O)O)c2ccc(/N=N/c3ccc([N+](=O)[O-])cc3S(=O)(=O)O)c(O)c12. The van der Waals surface area contributed by atoms with Crippen molar-refractivity contribution in [2.45, 2.75) is 24.5 Å². The Balaban J connectivity index is 1.53. The van der Waals surface area contributed by atoms with E-state index in [9.17, 15) is 85.2 Å². The highest BCUT2D eigenvalue weighted by Crippen LogP contribution is 2.48. The van der Waals surface area contributed by atoms with Gasteiger partial charge in [-0.1, -0.05) is 12.1 Å². The van der Waals surface area contributed by atoms with Gasteiger partial charge in [-0.05, 0) is 54.6 Å². The lowest BCUT2D eigenvalue weighted by Crippen LogP contribution is -2.03. The molecule has 0 bridgehead atoms. The van der Waals surface area contributed by atoms with Crippen LogP contribution in [0, 0.1) is 10.1 Å². The van der Waals surface area contributed by atoms with E-state index in [1.807, 2.05) is 0 Å². The number of azo groups is 3. The van der Waals surface area contributed by atoms with Gasteiger partial charge in [0.1, 0.15) is 48.0 Å². The van der Waals surface area contributed by atoms with Gasteiger partial charge in [-0.25, -0.2) is 0 Å². The Labute approximate surface area is 357 Å². The second kappa shape index (κ2) is 16.3. The summed E-state index contributed by atoms with van der Waals surface area (Å²) in [4.78, 5) is 4.81. The third-order valence-electron chi connectivity index (χ3n) is 8.56. The number of nitro benzene ring substituents is 1. The topological polar surface area (TPSA) is 456 Å². The average molecular weight is 983 g/mol. The lowest BCUT2D eigenvalue weighted by atomic mass is 10.1. The molecule has 6 aromatic rings. The average Bonchev–Trinajstić information content (AvgIpc) is 3.17. The smallest absolute Gasteiger partial charge is 0.297 e. The van der Waals surface area contributed by atoms with E-state index in [4.69, 9.17) is 5.73 Å². The maximum Gasteiger partial charge on any atom is 0.297 e. The molecule has 6 aromatic carbocycles. The summed E-state index contributed by atoms with van der Waals surface area (Å²) in [6, 6.07) is 10.6. The van der Waals surface area contributed by atoms with E-state index >= 15 is 0 Å². The minimum Gasteiger partial charge on any atom is -0.505 e. The number of non-ortho nitro benzene ring substituents is 1. The van der Waals surface area contributed by atoms with Gasteiger partial charge in [0.05, 0.1) is 26.6 Å². The summed E-state index contributed by atoms with van der Waals surface area (Å²) in [7, 11) is -26.2. The molecule has 0 heterocycles. The van der Waals surface area contributed by atoms with E-state index in [0.29, 0.717) is 18.2 Å². The van der Waals surface area contributed by atoms with E-state index in [0.717, 1.165) is 60.7 Å². The predicted molar refractivity (Wildman–Crippen MR) is 217 cm³/mol. The lowest BCUT2D eigenvalue weighted by molar-refractivity contribution is -0.385. The lowest BCUT2D eigenvalue weighted by Gasteiger charge is -2.13. The van der Waals surface area contributed by atoms with E-state index in [-0.39, 0.29) is 5.69 Å². The van der Waals surface area contributed by atoms with E-state index in [1.54, 1.807) is 0 Å². The van der Waals surface area contributed by atoms with Gasteiger partial charge in [0.25, 0.3) is 56.3 Å². The first-order valence-corrected chi connectivity index (χ1v) is 23.6. The molecule has 0 amide bonds. The molecule has 0 aliphatic carbocycles. The van der Waals surface area contributed by atoms with Gasteiger partial charge in [0.2, 0.25) is 0 Å². The zero-order valence-electron chi connectivity index (χ0n) is 30.8. The summed E-state index contributed by atoms with van der Waals surface area (Å²) >= 11 is 0.